The molecule has 6 nitrogen and oxygen atoms in total. The first-order valence-electron chi connectivity index (χ1n) is 8.54. The summed E-state index contributed by atoms with van der Waals surface area (Å²) in [6, 6.07) is 15.7. The molecule has 0 saturated heterocycles. The molecule has 27 heavy (non-hydrogen) atoms. The molecule has 0 aliphatic carbocycles. The Morgan fingerprint density at radius 1 is 1.11 bits per heavy atom. The third-order valence-electron chi connectivity index (χ3n) is 4.38. The number of aliphatic hydroxyl groups excluding tert-OH is 1. The van der Waals surface area contributed by atoms with Gasteiger partial charge in [-0.25, -0.2) is 9.59 Å². The van der Waals surface area contributed by atoms with Crippen LogP contribution in [0.2, 0.25) is 0 Å². The Morgan fingerprint density at radius 2 is 1.78 bits per heavy atom. The van der Waals surface area contributed by atoms with Crippen molar-refractivity contribution in [3.8, 4) is 5.75 Å². The van der Waals surface area contributed by atoms with Crippen LogP contribution >= 0.6 is 0 Å². The zero-order valence-electron chi connectivity index (χ0n) is 15.1. The summed E-state index contributed by atoms with van der Waals surface area (Å²) in [4.78, 5) is 25.1. The van der Waals surface area contributed by atoms with Crippen LogP contribution in [0.1, 0.15) is 18.1 Å². The fourth-order valence-electron chi connectivity index (χ4n) is 3.14. The van der Waals surface area contributed by atoms with E-state index in [2.05, 4.69) is 0 Å². The van der Waals surface area contributed by atoms with Crippen LogP contribution in [0.5, 0.6) is 5.75 Å². The summed E-state index contributed by atoms with van der Waals surface area (Å²) in [6.07, 6.45) is 0.0237. The van der Waals surface area contributed by atoms with Crippen molar-refractivity contribution in [1.82, 2.24) is 0 Å². The number of carbonyl (C=O) groups excluding carboxylic acids is 2. The Labute approximate surface area is 157 Å². The molecule has 1 aliphatic heterocycles. The lowest BCUT2D eigenvalue weighted by molar-refractivity contribution is -0.171. The summed E-state index contributed by atoms with van der Waals surface area (Å²) in [6.45, 7) is 1.78. The summed E-state index contributed by atoms with van der Waals surface area (Å²) in [5.41, 5.74) is -0.405. The summed E-state index contributed by atoms with van der Waals surface area (Å²) >= 11 is 0. The first-order chi connectivity index (χ1) is 13.0. The third-order valence-corrected chi connectivity index (χ3v) is 4.38. The number of hydrogen-bond acceptors (Lipinski definition) is 6. The molecule has 6 heteroatoms. The largest absolute Gasteiger partial charge is 0.502 e. The van der Waals surface area contributed by atoms with Gasteiger partial charge < -0.3 is 19.3 Å². The van der Waals surface area contributed by atoms with E-state index in [1.807, 2.05) is 0 Å². The molecule has 0 fully saturated rings. The van der Waals surface area contributed by atoms with Gasteiger partial charge in [0, 0.05) is 6.42 Å². The van der Waals surface area contributed by atoms with E-state index in [4.69, 9.17) is 14.2 Å². The van der Waals surface area contributed by atoms with E-state index in [0.29, 0.717) is 11.3 Å². The highest BCUT2D eigenvalue weighted by atomic mass is 16.6. The predicted octanol–water partition coefficient (Wildman–Crippen LogP) is 3.07. The summed E-state index contributed by atoms with van der Waals surface area (Å²) in [5, 5.41) is 10.4. The van der Waals surface area contributed by atoms with Gasteiger partial charge in [0.15, 0.2) is 0 Å². The average Bonchev–Trinajstić information content (AvgIpc) is 2.94. The number of carbonyl (C=O) groups is 2. The van der Waals surface area contributed by atoms with Gasteiger partial charge in [-0.3, -0.25) is 0 Å². The maximum atomic E-state index is 12.9. The first kappa shape index (κ1) is 18.5. The lowest BCUT2D eigenvalue weighted by atomic mass is 9.83. The number of cyclic esters (lactones) is 1. The standard InChI is InChI=1S/C21H20O6/c1-3-26-20(24)21(13-14-9-11-16(25-2)12-10-14)17(18(22)19(23)27-21)15-7-5-4-6-8-15/h4-12,22H,3,13H2,1-2H3. The van der Waals surface area contributed by atoms with Gasteiger partial charge in [0.25, 0.3) is 0 Å². The lowest BCUT2D eigenvalue weighted by Gasteiger charge is -2.28. The molecule has 2 aromatic rings. The Hall–Kier alpha value is -3.28. The molecule has 0 radical (unpaired) electrons. The van der Waals surface area contributed by atoms with Crippen LogP contribution in [0.4, 0.5) is 0 Å². The average molecular weight is 368 g/mol. The van der Waals surface area contributed by atoms with Gasteiger partial charge in [-0.1, -0.05) is 42.5 Å². The van der Waals surface area contributed by atoms with E-state index in [1.54, 1.807) is 68.6 Å². The van der Waals surface area contributed by atoms with Crippen molar-refractivity contribution in [2.45, 2.75) is 18.9 Å². The number of aliphatic hydroxyl groups is 1. The number of hydrogen-bond donors (Lipinski definition) is 1. The van der Waals surface area contributed by atoms with E-state index in [9.17, 15) is 14.7 Å². The Kier molecular flexibility index (Phi) is 5.16. The number of rotatable bonds is 6. The van der Waals surface area contributed by atoms with E-state index < -0.39 is 23.3 Å². The molecule has 0 aromatic heterocycles. The SMILES string of the molecule is CCOC(=O)C1(Cc2ccc(OC)cc2)OC(=O)C(O)=C1c1ccccc1. The van der Waals surface area contributed by atoms with Crippen molar-refractivity contribution in [2.75, 3.05) is 13.7 Å². The van der Waals surface area contributed by atoms with Gasteiger partial charge in [0.05, 0.1) is 19.3 Å². The molecule has 1 N–H and O–H groups in total. The van der Waals surface area contributed by atoms with Gasteiger partial charge in [-0.05, 0) is 30.2 Å². The summed E-state index contributed by atoms with van der Waals surface area (Å²) < 4.78 is 15.8. The first-order valence-corrected chi connectivity index (χ1v) is 8.54. The Bertz CT molecular complexity index is 869. The molecule has 1 heterocycles. The van der Waals surface area contributed by atoms with Crippen molar-refractivity contribution >= 4 is 17.5 Å². The number of benzene rings is 2. The molecule has 0 spiro atoms. The number of methoxy groups -OCH3 is 1. The second-order valence-corrected chi connectivity index (χ2v) is 6.05. The predicted molar refractivity (Wildman–Crippen MR) is 98.1 cm³/mol. The molecule has 1 aliphatic rings. The zero-order chi connectivity index (χ0) is 19.4. The highest BCUT2D eigenvalue weighted by Gasteiger charge is 2.55. The molecule has 2 aromatic carbocycles. The maximum absolute atomic E-state index is 12.9. The van der Waals surface area contributed by atoms with Gasteiger partial charge in [0.1, 0.15) is 5.75 Å². The molecule has 3 rings (SSSR count). The fraction of sp³-hybridized carbons (Fsp3) is 0.238. The van der Waals surface area contributed by atoms with Crippen LogP contribution in [0.3, 0.4) is 0 Å². The Balaban J connectivity index is 2.11. The highest BCUT2D eigenvalue weighted by Crippen LogP contribution is 2.42. The zero-order valence-corrected chi connectivity index (χ0v) is 15.1. The molecule has 0 saturated carbocycles. The van der Waals surface area contributed by atoms with Crippen LogP contribution in [-0.2, 0) is 25.5 Å². The smallest absolute Gasteiger partial charge is 0.375 e. The minimum Gasteiger partial charge on any atom is -0.502 e. The summed E-state index contributed by atoms with van der Waals surface area (Å²) in [5.74, 6) is -1.59. The van der Waals surface area contributed by atoms with Crippen LogP contribution in [-0.4, -0.2) is 36.4 Å². The lowest BCUT2D eigenvalue weighted by Crippen LogP contribution is -2.44. The van der Waals surface area contributed by atoms with Crippen molar-refractivity contribution < 1.29 is 28.9 Å². The summed E-state index contributed by atoms with van der Waals surface area (Å²) in [7, 11) is 1.56. The van der Waals surface area contributed by atoms with Gasteiger partial charge in [-0.15, -0.1) is 0 Å². The Morgan fingerprint density at radius 3 is 2.37 bits per heavy atom. The number of ether oxygens (including phenoxy) is 3. The van der Waals surface area contributed by atoms with Crippen molar-refractivity contribution in [3.05, 3.63) is 71.5 Å². The minimum atomic E-state index is -1.76. The quantitative estimate of drug-likeness (QED) is 0.789. The van der Waals surface area contributed by atoms with Crippen molar-refractivity contribution in [2.24, 2.45) is 0 Å². The molecule has 1 unspecified atom stereocenters. The molecule has 140 valence electrons. The fourth-order valence-corrected chi connectivity index (χ4v) is 3.14. The molecule has 1 atom stereocenters. The minimum absolute atomic E-state index is 0.0237. The maximum Gasteiger partial charge on any atom is 0.375 e. The normalized spacial score (nSPS) is 19.0. The second-order valence-electron chi connectivity index (χ2n) is 6.05. The number of esters is 2. The van der Waals surface area contributed by atoms with E-state index in [-0.39, 0.29) is 18.6 Å². The molecular formula is C21H20O6. The van der Waals surface area contributed by atoms with E-state index in [1.165, 1.54) is 0 Å². The third kappa shape index (κ3) is 3.38. The highest BCUT2D eigenvalue weighted by molar-refractivity contribution is 6.11. The van der Waals surface area contributed by atoms with Crippen LogP contribution < -0.4 is 4.74 Å². The monoisotopic (exact) mass is 368 g/mol. The van der Waals surface area contributed by atoms with Gasteiger partial charge >= 0.3 is 11.9 Å². The van der Waals surface area contributed by atoms with Crippen LogP contribution in [0, 0.1) is 0 Å². The van der Waals surface area contributed by atoms with Crippen LogP contribution in [0.15, 0.2) is 60.4 Å². The van der Waals surface area contributed by atoms with Crippen molar-refractivity contribution in [1.29, 1.82) is 0 Å². The molecule has 0 amide bonds. The van der Waals surface area contributed by atoms with E-state index >= 15 is 0 Å². The molecule has 0 bridgehead atoms. The second kappa shape index (κ2) is 7.53. The van der Waals surface area contributed by atoms with Gasteiger partial charge in [0.2, 0.25) is 11.4 Å². The van der Waals surface area contributed by atoms with Crippen molar-refractivity contribution in [3.63, 3.8) is 0 Å². The molecular weight excluding hydrogens is 348 g/mol. The van der Waals surface area contributed by atoms with Gasteiger partial charge in [-0.2, -0.15) is 0 Å². The topological polar surface area (TPSA) is 82.1 Å². The van der Waals surface area contributed by atoms with Crippen LogP contribution in [0.25, 0.3) is 5.57 Å². The van der Waals surface area contributed by atoms with E-state index in [0.717, 1.165) is 5.56 Å².